The quantitative estimate of drug-likeness (QED) is 0.155. The SMILES string of the molecule is c1ccc(OO[Si](OOc2ccccc2)(OOc2ccccc2)OOc2ccccc2)cc1. The number of hydrogen-bond acceptors (Lipinski definition) is 8. The standard InChI is InChI=1S/C24H20O8Si/c1-5-13-21(14-6-1)25-29-33(30-26-22-15-7-2-8-16-22,31-27-23-17-9-3-10-18-23)32-28-24-19-11-4-12-20-24/h1-20H. The first kappa shape index (κ1) is 22.3. The molecule has 33 heavy (non-hydrogen) atoms. The van der Waals surface area contributed by atoms with Gasteiger partial charge < -0.3 is 19.6 Å². The summed E-state index contributed by atoms with van der Waals surface area (Å²) in [5.74, 6) is 1.46. The van der Waals surface area contributed by atoms with Crippen LogP contribution in [-0.4, -0.2) is 9.05 Å². The smallest absolute Gasteiger partial charge is 0.342 e. The van der Waals surface area contributed by atoms with Crippen LogP contribution in [0.2, 0.25) is 0 Å². The average molecular weight is 465 g/mol. The van der Waals surface area contributed by atoms with Gasteiger partial charge in [-0.05, 0) is 48.5 Å². The summed E-state index contributed by atoms with van der Waals surface area (Å²) in [6.07, 6.45) is 0. The Morgan fingerprint density at radius 2 is 0.515 bits per heavy atom. The number of benzene rings is 4. The average Bonchev–Trinajstić information content (AvgIpc) is 2.90. The van der Waals surface area contributed by atoms with E-state index in [1.807, 2.05) is 24.3 Å². The van der Waals surface area contributed by atoms with Gasteiger partial charge in [-0.1, -0.05) is 72.8 Å². The lowest BCUT2D eigenvalue weighted by Crippen LogP contribution is -2.52. The second kappa shape index (κ2) is 11.7. The van der Waals surface area contributed by atoms with Crippen molar-refractivity contribution in [3.63, 3.8) is 0 Å². The Bertz CT molecular complexity index is 889. The predicted octanol–water partition coefficient (Wildman–Crippen LogP) is 5.46. The van der Waals surface area contributed by atoms with Crippen molar-refractivity contribution in [1.29, 1.82) is 0 Å². The van der Waals surface area contributed by atoms with E-state index in [1.165, 1.54) is 0 Å². The monoisotopic (exact) mass is 464 g/mol. The molecule has 0 heterocycles. The fourth-order valence-corrected chi connectivity index (χ4v) is 3.34. The van der Waals surface area contributed by atoms with Crippen molar-refractivity contribution in [1.82, 2.24) is 0 Å². The maximum Gasteiger partial charge on any atom is 0.830 e. The van der Waals surface area contributed by atoms with Crippen molar-refractivity contribution in [3.8, 4) is 23.0 Å². The molecular weight excluding hydrogens is 444 g/mol. The molecule has 4 rings (SSSR count). The van der Waals surface area contributed by atoms with Crippen LogP contribution in [0.1, 0.15) is 0 Å². The third-order valence-electron chi connectivity index (χ3n) is 3.93. The lowest BCUT2D eigenvalue weighted by Gasteiger charge is -2.23. The van der Waals surface area contributed by atoms with Gasteiger partial charge in [-0.25, -0.2) is 0 Å². The maximum atomic E-state index is 5.48. The third kappa shape index (κ3) is 7.07. The molecule has 0 saturated carbocycles. The summed E-state index contributed by atoms with van der Waals surface area (Å²) in [6.45, 7) is 0. The van der Waals surface area contributed by atoms with Crippen LogP contribution in [0.25, 0.3) is 0 Å². The van der Waals surface area contributed by atoms with Gasteiger partial charge in [-0.15, -0.1) is 18.3 Å². The van der Waals surface area contributed by atoms with Crippen molar-refractivity contribution in [3.05, 3.63) is 121 Å². The molecule has 9 heteroatoms. The Hall–Kier alpha value is -3.86. The molecule has 8 nitrogen and oxygen atoms in total. The molecule has 4 aromatic carbocycles. The molecule has 0 bridgehead atoms. The Balaban J connectivity index is 1.56. The highest BCUT2D eigenvalue weighted by atomic mass is 28.4. The van der Waals surface area contributed by atoms with Gasteiger partial charge >= 0.3 is 9.05 Å². The van der Waals surface area contributed by atoms with E-state index in [0.29, 0.717) is 23.0 Å². The molecule has 0 aliphatic heterocycles. The van der Waals surface area contributed by atoms with Crippen molar-refractivity contribution in [2.45, 2.75) is 0 Å². The number of rotatable bonds is 12. The molecule has 0 N–H and O–H groups in total. The van der Waals surface area contributed by atoms with Crippen LogP contribution < -0.4 is 19.6 Å². The predicted molar refractivity (Wildman–Crippen MR) is 118 cm³/mol. The molecule has 0 aliphatic carbocycles. The van der Waals surface area contributed by atoms with Gasteiger partial charge in [-0.3, -0.25) is 0 Å². The van der Waals surface area contributed by atoms with Crippen molar-refractivity contribution >= 4 is 9.05 Å². The van der Waals surface area contributed by atoms with Crippen LogP contribution in [0.15, 0.2) is 121 Å². The Kier molecular flexibility index (Phi) is 7.90. The van der Waals surface area contributed by atoms with Crippen molar-refractivity contribution in [2.75, 3.05) is 0 Å². The van der Waals surface area contributed by atoms with Gasteiger partial charge in [0.15, 0.2) is 23.0 Å². The molecule has 0 spiro atoms. The summed E-state index contributed by atoms with van der Waals surface area (Å²) >= 11 is 0. The summed E-state index contributed by atoms with van der Waals surface area (Å²) in [5, 5.41) is 0. The van der Waals surface area contributed by atoms with E-state index < -0.39 is 9.05 Å². The number of hydrogen-bond donors (Lipinski definition) is 0. The molecule has 0 unspecified atom stereocenters. The first-order chi connectivity index (χ1) is 16.3. The summed E-state index contributed by atoms with van der Waals surface area (Å²) in [4.78, 5) is 21.5. The summed E-state index contributed by atoms with van der Waals surface area (Å²) < 4.78 is 21.9. The Morgan fingerprint density at radius 1 is 0.303 bits per heavy atom. The van der Waals surface area contributed by atoms with Crippen LogP contribution in [0.4, 0.5) is 0 Å². The van der Waals surface area contributed by atoms with Gasteiger partial charge in [-0.2, -0.15) is 0 Å². The van der Waals surface area contributed by atoms with E-state index in [0.717, 1.165) is 0 Å². The molecule has 168 valence electrons. The van der Waals surface area contributed by atoms with Crippen LogP contribution in [0.5, 0.6) is 23.0 Å². The molecule has 0 fully saturated rings. The minimum absolute atomic E-state index is 0.365. The second-order valence-electron chi connectivity index (χ2n) is 6.42. The molecule has 0 radical (unpaired) electrons. The molecular formula is C24H20O8Si. The van der Waals surface area contributed by atoms with Crippen LogP contribution in [0.3, 0.4) is 0 Å². The van der Waals surface area contributed by atoms with Gasteiger partial charge in [0.25, 0.3) is 0 Å². The van der Waals surface area contributed by atoms with Crippen LogP contribution in [-0.2, 0) is 18.3 Å². The van der Waals surface area contributed by atoms with Gasteiger partial charge in [0.1, 0.15) is 0 Å². The molecule has 0 saturated heterocycles. The zero-order valence-corrected chi connectivity index (χ0v) is 18.3. The zero-order chi connectivity index (χ0) is 22.6. The van der Waals surface area contributed by atoms with Gasteiger partial charge in [0.2, 0.25) is 0 Å². The lowest BCUT2D eigenvalue weighted by molar-refractivity contribution is -0.353. The zero-order valence-electron chi connectivity index (χ0n) is 17.3. The summed E-state index contributed by atoms with van der Waals surface area (Å²) in [7, 11) is -4.42. The fraction of sp³-hybridized carbons (Fsp3) is 0. The molecule has 0 aromatic heterocycles. The van der Waals surface area contributed by atoms with E-state index in [9.17, 15) is 0 Å². The Morgan fingerprint density at radius 3 is 0.727 bits per heavy atom. The molecule has 0 amide bonds. The van der Waals surface area contributed by atoms with E-state index in [1.54, 1.807) is 97.1 Å². The lowest BCUT2D eigenvalue weighted by atomic mass is 10.3. The highest BCUT2D eigenvalue weighted by Crippen LogP contribution is 2.22. The first-order valence-electron chi connectivity index (χ1n) is 9.94. The first-order valence-corrected chi connectivity index (χ1v) is 11.6. The molecule has 0 atom stereocenters. The van der Waals surface area contributed by atoms with Gasteiger partial charge in [0, 0.05) is 0 Å². The maximum absolute atomic E-state index is 5.48. The van der Waals surface area contributed by atoms with E-state index in [2.05, 4.69) is 0 Å². The van der Waals surface area contributed by atoms with Gasteiger partial charge in [0.05, 0.1) is 0 Å². The summed E-state index contributed by atoms with van der Waals surface area (Å²) in [6, 6.07) is 34.9. The van der Waals surface area contributed by atoms with Crippen LogP contribution in [0, 0.1) is 0 Å². The molecule has 4 aromatic rings. The fourth-order valence-electron chi connectivity index (χ4n) is 2.38. The highest BCUT2D eigenvalue weighted by Gasteiger charge is 2.58. The summed E-state index contributed by atoms with van der Waals surface area (Å²) in [5.41, 5.74) is 0. The Labute approximate surface area is 191 Å². The third-order valence-corrected chi connectivity index (χ3v) is 5.08. The topological polar surface area (TPSA) is 73.8 Å². The van der Waals surface area contributed by atoms with E-state index >= 15 is 0 Å². The van der Waals surface area contributed by atoms with Crippen molar-refractivity contribution < 1.29 is 37.9 Å². The van der Waals surface area contributed by atoms with E-state index in [4.69, 9.17) is 37.9 Å². The normalized spacial score (nSPS) is 10.9. The highest BCUT2D eigenvalue weighted by molar-refractivity contribution is 6.52. The minimum Gasteiger partial charge on any atom is -0.342 e. The molecule has 0 aliphatic rings. The number of para-hydroxylation sites is 4. The largest absolute Gasteiger partial charge is 0.830 e. The second-order valence-corrected chi connectivity index (χ2v) is 8.09. The van der Waals surface area contributed by atoms with Crippen LogP contribution >= 0.6 is 0 Å². The minimum atomic E-state index is -4.42. The van der Waals surface area contributed by atoms with E-state index in [-0.39, 0.29) is 0 Å². The van der Waals surface area contributed by atoms with Crippen molar-refractivity contribution in [2.24, 2.45) is 0 Å².